The number of fused-ring (bicyclic) bond motifs is 4. The second-order valence-corrected chi connectivity index (χ2v) is 9.29. The van der Waals surface area contributed by atoms with Gasteiger partial charge in [0.2, 0.25) is 5.95 Å². The molecule has 1 aromatic carbocycles. The lowest BCUT2D eigenvalue weighted by atomic mass is 9.64. The third-order valence-corrected chi connectivity index (χ3v) is 7.53. The van der Waals surface area contributed by atoms with E-state index in [4.69, 9.17) is 10.1 Å². The molecule has 1 amide bonds. The summed E-state index contributed by atoms with van der Waals surface area (Å²) in [6, 6.07) is 6.07. The first-order valence-corrected chi connectivity index (χ1v) is 11.7. The Hall–Kier alpha value is -2.24. The fraction of sp³-hybridized carbons (Fsp3) is 0.625. The minimum Gasteiger partial charge on any atom is -0.273 e. The molecule has 3 aliphatic rings. The van der Waals surface area contributed by atoms with Crippen LogP contribution < -0.4 is 4.90 Å². The first kappa shape index (κ1) is 19.7. The molecule has 160 valence electrons. The Labute approximate surface area is 177 Å². The Balaban J connectivity index is 1.65. The number of benzene rings is 1. The zero-order chi connectivity index (χ0) is 20.7. The van der Waals surface area contributed by atoms with E-state index >= 15 is 0 Å². The summed E-state index contributed by atoms with van der Waals surface area (Å²) in [6.45, 7) is 2.14. The molecule has 6 heteroatoms. The number of halogens is 1. The predicted molar refractivity (Wildman–Crippen MR) is 114 cm³/mol. The van der Waals surface area contributed by atoms with E-state index in [0.717, 1.165) is 56.7 Å². The van der Waals surface area contributed by atoms with Crippen molar-refractivity contribution in [2.24, 2.45) is 5.92 Å². The summed E-state index contributed by atoms with van der Waals surface area (Å²) in [7, 11) is 0. The number of carbonyl (C=O) groups is 1. The lowest BCUT2D eigenvalue weighted by Gasteiger charge is -2.55. The van der Waals surface area contributed by atoms with Crippen molar-refractivity contribution in [1.29, 1.82) is 0 Å². The number of amides is 1. The first-order valence-electron chi connectivity index (χ1n) is 11.7. The van der Waals surface area contributed by atoms with Crippen molar-refractivity contribution in [3.05, 3.63) is 41.5 Å². The zero-order valence-electron chi connectivity index (χ0n) is 17.8. The van der Waals surface area contributed by atoms with Crippen LogP contribution in [0.3, 0.4) is 0 Å². The summed E-state index contributed by atoms with van der Waals surface area (Å²) in [5.74, 6) is 1.58. The van der Waals surface area contributed by atoms with Crippen LogP contribution in [0.15, 0.2) is 24.3 Å². The Bertz CT molecular complexity index is 916. The van der Waals surface area contributed by atoms with Crippen LogP contribution >= 0.6 is 0 Å². The van der Waals surface area contributed by atoms with Crippen molar-refractivity contribution in [3.8, 4) is 0 Å². The molecule has 2 unspecified atom stereocenters. The van der Waals surface area contributed by atoms with E-state index in [1.807, 2.05) is 4.90 Å². The lowest BCUT2D eigenvalue weighted by molar-refractivity contribution is 0.0311. The van der Waals surface area contributed by atoms with Crippen LogP contribution in [-0.4, -0.2) is 26.7 Å². The van der Waals surface area contributed by atoms with Gasteiger partial charge in [-0.05, 0) is 56.4 Å². The van der Waals surface area contributed by atoms with Gasteiger partial charge in [-0.25, -0.2) is 9.07 Å². The minimum atomic E-state index is -0.324. The van der Waals surface area contributed by atoms with Gasteiger partial charge in [0, 0.05) is 23.9 Å². The van der Waals surface area contributed by atoms with Crippen molar-refractivity contribution < 1.29 is 9.18 Å². The van der Waals surface area contributed by atoms with Gasteiger partial charge in [0.15, 0.2) is 5.82 Å². The van der Waals surface area contributed by atoms with Crippen molar-refractivity contribution >= 4 is 11.9 Å². The Kier molecular flexibility index (Phi) is 5.11. The molecule has 5 nitrogen and oxygen atoms in total. The van der Waals surface area contributed by atoms with Gasteiger partial charge in [0.1, 0.15) is 5.82 Å². The maximum Gasteiger partial charge on any atom is 0.260 e. The fourth-order valence-electron chi connectivity index (χ4n) is 6.20. The number of anilines is 1. The predicted octanol–water partition coefficient (Wildman–Crippen LogP) is 5.25. The highest BCUT2D eigenvalue weighted by atomic mass is 19.1. The summed E-state index contributed by atoms with van der Waals surface area (Å²) < 4.78 is 15.6. The lowest BCUT2D eigenvalue weighted by Crippen LogP contribution is -2.61. The summed E-state index contributed by atoms with van der Waals surface area (Å²) in [4.78, 5) is 20.5. The number of aromatic nitrogens is 3. The highest BCUT2D eigenvalue weighted by Crippen LogP contribution is 2.53. The van der Waals surface area contributed by atoms with E-state index in [1.165, 1.54) is 37.8 Å². The van der Waals surface area contributed by atoms with Gasteiger partial charge in [-0.1, -0.05) is 39.0 Å². The second kappa shape index (κ2) is 7.78. The molecule has 30 heavy (non-hydrogen) atoms. The van der Waals surface area contributed by atoms with Crippen LogP contribution in [0, 0.1) is 11.7 Å². The molecular formula is C24H31FN4O. The molecule has 2 saturated carbocycles. The molecule has 0 saturated heterocycles. The molecular weight excluding hydrogens is 379 g/mol. The van der Waals surface area contributed by atoms with Crippen LogP contribution in [0.1, 0.15) is 87.3 Å². The molecule has 1 aromatic heterocycles. The maximum atomic E-state index is 13.7. The van der Waals surface area contributed by atoms with Crippen molar-refractivity contribution in [2.75, 3.05) is 4.90 Å². The monoisotopic (exact) mass is 410 g/mol. The van der Waals surface area contributed by atoms with Gasteiger partial charge >= 0.3 is 0 Å². The summed E-state index contributed by atoms with van der Waals surface area (Å²) >= 11 is 0. The maximum absolute atomic E-state index is 13.7. The van der Waals surface area contributed by atoms with E-state index in [1.54, 1.807) is 12.1 Å². The number of nitrogens with zero attached hydrogens (tertiary/aromatic N) is 4. The first-order chi connectivity index (χ1) is 14.6. The van der Waals surface area contributed by atoms with Gasteiger partial charge in [-0.2, -0.15) is 10.1 Å². The Morgan fingerprint density at radius 1 is 1.10 bits per heavy atom. The largest absolute Gasteiger partial charge is 0.273 e. The van der Waals surface area contributed by atoms with Gasteiger partial charge in [-0.15, -0.1) is 0 Å². The molecule has 2 fully saturated rings. The fourth-order valence-corrected chi connectivity index (χ4v) is 6.20. The average molecular weight is 411 g/mol. The smallest absolute Gasteiger partial charge is 0.260 e. The van der Waals surface area contributed by atoms with E-state index in [0.29, 0.717) is 11.5 Å². The average Bonchev–Trinajstić information content (AvgIpc) is 3.20. The van der Waals surface area contributed by atoms with Gasteiger partial charge < -0.3 is 0 Å². The van der Waals surface area contributed by atoms with Gasteiger partial charge in [-0.3, -0.25) is 9.69 Å². The Morgan fingerprint density at radius 2 is 1.83 bits per heavy atom. The van der Waals surface area contributed by atoms with E-state index < -0.39 is 0 Å². The SMILES string of the molecule is CCCc1nc2n(n1)C1(CCCCC1)C1CCCCC1N2C(=O)c1ccc(F)cc1. The molecule has 0 radical (unpaired) electrons. The number of carbonyl (C=O) groups excluding carboxylic acids is 1. The molecule has 2 aromatic rings. The summed E-state index contributed by atoms with van der Waals surface area (Å²) in [6.07, 6.45) is 12.3. The molecule has 1 aliphatic heterocycles. The van der Waals surface area contributed by atoms with Crippen LogP contribution in [0.5, 0.6) is 0 Å². The van der Waals surface area contributed by atoms with E-state index in [2.05, 4.69) is 11.6 Å². The molecule has 2 aliphatic carbocycles. The van der Waals surface area contributed by atoms with Gasteiger partial charge in [0.05, 0.1) is 5.54 Å². The zero-order valence-corrected chi connectivity index (χ0v) is 17.8. The van der Waals surface area contributed by atoms with Crippen LogP contribution in [-0.2, 0) is 12.0 Å². The topological polar surface area (TPSA) is 51.0 Å². The number of hydrogen-bond donors (Lipinski definition) is 0. The standard InChI is InChI=1S/C24H31FN4O/c1-2-8-21-26-23-28(22(30)17-11-13-18(25)14-12-17)20-10-5-4-9-19(20)24(29(23)27-21)15-6-3-7-16-24/h11-14,19-20H,2-10,15-16H2,1H3. The van der Waals surface area contributed by atoms with Crippen LogP contribution in [0.25, 0.3) is 0 Å². The third kappa shape index (κ3) is 3.07. The highest BCUT2D eigenvalue weighted by molar-refractivity contribution is 6.05. The molecule has 5 rings (SSSR count). The normalized spacial score (nSPS) is 25.1. The summed E-state index contributed by atoms with van der Waals surface area (Å²) in [5, 5.41) is 5.00. The van der Waals surface area contributed by atoms with Gasteiger partial charge in [0.25, 0.3) is 5.91 Å². The number of rotatable bonds is 3. The van der Waals surface area contributed by atoms with Crippen LogP contribution in [0.4, 0.5) is 10.3 Å². The van der Waals surface area contributed by atoms with Crippen molar-refractivity contribution in [3.63, 3.8) is 0 Å². The summed E-state index contributed by atoms with van der Waals surface area (Å²) in [5.41, 5.74) is 0.518. The molecule has 0 N–H and O–H groups in total. The minimum absolute atomic E-state index is 0.00274. The van der Waals surface area contributed by atoms with Crippen LogP contribution in [0.2, 0.25) is 0 Å². The van der Waals surface area contributed by atoms with Crippen molar-refractivity contribution in [1.82, 2.24) is 14.8 Å². The second-order valence-electron chi connectivity index (χ2n) is 9.29. The van der Waals surface area contributed by atoms with E-state index in [9.17, 15) is 9.18 Å². The number of aryl methyl sites for hydroxylation is 1. The van der Waals surface area contributed by atoms with E-state index in [-0.39, 0.29) is 23.3 Å². The molecule has 2 atom stereocenters. The highest BCUT2D eigenvalue weighted by Gasteiger charge is 2.55. The number of hydrogen-bond acceptors (Lipinski definition) is 3. The molecule has 1 spiro atoms. The Morgan fingerprint density at radius 3 is 2.57 bits per heavy atom. The quantitative estimate of drug-likeness (QED) is 0.695. The third-order valence-electron chi connectivity index (χ3n) is 7.53. The van der Waals surface area contributed by atoms with Crippen molar-refractivity contribution in [2.45, 2.75) is 89.1 Å². The molecule has 0 bridgehead atoms. The molecule has 2 heterocycles.